The van der Waals surface area contributed by atoms with Crippen LogP contribution in [0.1, 0.15) is 17.3 Å². The van der Waals surface area contributed by atoms with E-state index in [2.05, 4.69) is 22.6 Å². The van der Waals surface area contributed by atoms with Crippen molar-refractivity contribution in [3.05, 3.63) is 33.5 Å². The number of benzene rings is 1. The Hall–Kier alpha value is -0.840. The number of nitrogens with zero attached hydrogens (tertiary/aromatic N) is 1. The number of hydrogen-bond donors (Lipinski definition) is 0. The van der Waals surface area contributed by atoms with Gasteiger partial charge in [0.15, 0.2) is 5.78 Å². The molecule has 0 N–H and O–H groups in total. The number of aryl methyl sites for hydroxylation is 1. The molecule has 1 aromatic carbocycles. The van der Waals surface area contributed by atoms with Crippen LogP contribution in [0.3, 0.4) is 0 Å². The minimum absolute atomic E-state index is 0.125. The van der Waals surface area contributed by atoms with E-state index in [0.717, 1.165) is 20.0 Å². The number of aromatic nitrogens is 1. The molecule has 0 radical (unpaired) electrons. The predicted octanol–water partition coefficient (Wildman–Crippen LogP) is 2.99. The maximum atomic E-state index is 11.4. The highest BCUT2D eigenvalue weighted by atomic mass is 127. The van der Waals surface area contributed by atoms with Crippen molar-refractivity contribution in [1.82, 2.24) is 4.57 Å². The standard InChI is InChI=1S/C11H10INO/c1-7(14)8-6-13(2)10-5-3-4-9(12)11(8)10/h3-6H,1-2H3. The van der Waals surface area contributed by atoms with E-state index in [-0.39, 0.29) is 5.78 Å². The van der Waals surface area contributed by atoms with Crippen LogP contribution in [0, 0.1) is 3.57 Å². The topological polar surface area (TPSA) is 22.0 Å². The number of ketones is 1. The Balaban J connectivity index is 2.93. The Kier molecular flexibility index (Phi) is 2.34. The molecule has 0 bridgehead atoms. The van der Waals surface area contributed by atoms with E-state index < -0.39 is 0 Å². The number of fused-ring (bicyclic) bond motifs is 1. The third-order valence-corrected chi connectivity index (χ3v) is 3.24. The summed E-state index contributed by atoms with van der Waals surface area (Å²) in [6.45, 7) is 1.61. The molecule has 1 heterocycles. The first kappa shape index (κ1) is 9.71. The number of Topliss-reactive ketones (excluding diaryl/α,β-unsaturated/α-hetero) is 1. The Morgan fingerprint density at radius 3 is 2.79 bits per heavy atom. The van der Waals surface area contributed by atoms with Crippen molar-refractivity contribution < 1.29 is 4.79 Å². The molecule has 2 rings (SSSR count). The molecule has 0 saturated carbocycles. The molecular formula is C11H10INO. The first-order chi connectivity index (χ1) is 6.61. The molecule has 0 fully saturated rings. The maximum absolute atomic E-state index is 11.4. The summed E-state index contributed by atoms with van der Waals surface area (Å²) in [4.78, 5) is 11.4. The van der Waals surface area contributed by atoms with Crippen molar-refractivity contribution in [3.8, 4) is 0 Å². The summed E-state index contributed by atoms with van der Waals surface area (Å²) in [5, 5.41) is 1.07. The Morgan fingerprint density at radius 1 is 1.43 bits per heavy atom. The molecule has 0 aliphatic heterocycles. The van der Waals surface area contributed by atoms with Gasteiger partial charge in [0.2, 0.25) is 0 Å². The monoisotopic (exact) mass is 299 g/mol. The van der Waals surface area contributed by atoms with Crippen LogP contribution < -0.4 is 0 Å². The van der Waals surface area contributed by atoms with Gasteiger partial charge in [-0.25, -0.2) is 0 Å². The van der Waals surface area contributed by atoms with Crippen molar-refractivity contribution in [2.75, 3.05) is 0 Å². The van der Waals surface area contributed by atoms with E-state index in [1.165, 1.54) is 0 Å². The highest BCUT2D eigenvalue weighted by molar-refractivity contribution is 14.1. The zero-order chi connectivity index (χ0) is 10.3. The van der Waals surface area contributed by atoms with Gasteiger partial charge >= 0.3 is 0 Å². The van der Waals surface area contributed by atoms with Gasteiger partial charge in [-0.15, -0.1) is 0 Å². The molecule has 14 heavy (non-hydrogen) atoms. The Morgan fingerprint density at radius 2 is 2.14 bits per heavy atom. The third-order valence-electron chi connectivity index (χ3n) is 2.34. The largest absolute Gasteiger partial charge is 0.350 e. The lowest BCUT2D eigenvalue weighted by Crippen LogP contribution is -1.90. The second kappa shape index (κ2) is 3.38. The number of carbonyl (C=O) groups excluding carboxylic acids is 1. The molecule has 2 nitrogen and oxygen atoms in total. The molecule has 1 aromatic heterocycles. The van der Waals surface area contributed by atoms with E-state index in [0.29, 0.717) is 0 Å². The molecule has 0 aliphatic rings. The summed E-state index contributed by atoms with van der Waals surface area (Å²) in [5.41, 5.74) is 1.93. The van der Waals surface area contributed by atoms with Crippen LogP contribution in [0.4, 0.5) is 0 Å². The quantitative estimate of drug-likeness (QED) is 0.586. The molecule has 2 aromatic rings. The number of carbonyl (C=O) groups is 1. The molecule has 0 saturated heterocycles. The smallest absolute Gasteiger partial charge is 0.161 e. The van der Waals surface area contributed by atoms with Crippen LogP contribution in [-0.4, -0.2) is 10.4 Å². The highest BCUT2D eigenvalue weighted by Gasteiger charge is 2.11. The van der Waals surface area contributed by atoms with Crippen LogP contribution >= 0.6 is 22.6 Å². The fraction of sp³-hybridized carbons (Fsp3) is 0.182. The summed E-state index contributed by atoms with van der Waals surface area (Å²) in [7, 11) is 1.96. The lowest BCUT2D eigenvalue weighted by Gasteiger charge is -1.97. The predicted molar refractivity (Wildman–Crippen MR) is 65.6 cm³/mol. The van der Waals surface area contributed by atoms with E-state index in [1.807, 2.05) is 36.0 Å². The molecule has 0 unspecified atom stereocenters. The molecule has 0 atom stereocenters. The van der Waals surface area contributed by atoms with Crippen LogP contribution in [-0.2, 0) is 7.05 Å². The van der Waals surface area contributed by atoms with Gasteiger partial charge in [0.05, 0.1) is 0 Å². The van der Waals surface area contributed by atoms with Crippen molar-refractivity contribution in [2.24, 2.45) is 7.05 Å². The SMILES string of the molecule is CC(=O)c1cn(C)c2cccc(I)c12. The van der Waals surface area contributed by atoms with Crippen molar-refractivity contribution in [2.45, 2.75) is 6.92 Å². The Bertz CT molecular complexity index is 513. The van der Waals surface area contributed by atoms with Crippen LogP contribution in [0.25, 0.3) is 10.9 Å². The Labute approximate surface area is 96.1 Å². The van der Waals surface area contributed by atoms with Crippen molar-refractivity contribution in [3.63, 3.8) is 0 Å². The fourth-order valence-corrected chi connectivity index (χ4v) is 2.44. The summed E-state index contributed by atoms with van der Waals surface area (Å²) in [6.07, 6.45) is 1.90. The lowest BCUT2D eigenvalue weighted by atomic mass is 10.1. The molecule has 72 valence electrons. The minimum atomic E-state index is 0.125. The summed E-state index contributed by atoms with van der Waals surface area (Å²) >= 11 is 2.26. The molecule has 0 spiro atoms. The normalized spacial score (nSPS) is 10.8. The molecule has 0 aliphatic carbocycles. The van der Waals surface area contributed by atoms with Crippen LogP contribution in [0.2, 0.25) is 0 Å². The van der Waals surface area contributed by atoms with E-state index in [4.69, 9.17) is 0 Å². The minimum Gasteiger partial charge on any atom is -0.350 e. The lowest BCUT2D eigenvalue weighted by molar-refractivity contribution is 0.101. The van der Waals surface area contributed by atoms with Gasteiger partial charge in [-0.3, -0.25) is 4.79 Å². The van der Waals surface area contributed by atoms with Gasteiger partial charge in [0, 0.05) is 33.3 Å². The molecular weight excluding hydrogens is 289 g/mol. The fourth-order valence-electron chi connectivity index (χ4n) is 1.67. The zero-order valence-corrected chi connectivity index (χ0v) is 10.2. The average Bonchev–Trinajstić information content (AvgIpc) is 2.46. The van der Waals surface area contributed by atoms with Crippen LogP contribution in [0.5, 0.6) is 0 Å². The first-order valence-corrected chi connectivity index (χ1v) is 5.43. The molecule has 3 heteroatoms. The van der Waals surface area contributed by atoms with Gasteiger partial charge in [-0.1, -0.05) is 6.07 Å². The average molecular weight is 299 g/mol. The van der Waals surface area contributed by atoms with E-state index >= 15 is 0 Å². The third kappa shape index (κ3) is 1.35. The second-order valence-corrected chi connectivity index (χ2v) is 4.51. The summed E-state index contributed by atoms with van der Waals surface area (Å²) < 4.78 is 3.12. The molecule has 0 amide bonds. The van der Waals surface area contributed by atoms with Gasteiger partial charge in [-0.05, 0) is 41.6 Å². The number of rotatable bonds is 1. The number of halogens is 1. The van der Waals surface area contributed by atoms with E-state index in [9.17, 15) is 4.79 Å². The van der Waals surface area contributed by atoms with Gasteiger partial charge < -0.3 is 4.57 Å². The van der Waals surface area contributed by atoms with Crippen LogP contribution in [0.15, 0.2) is 24.4 Å². The summed E-state index contributed by atoms with van der Waals surface area (Å²) in [5.74, 6) is 0.125. The van der Waals surface area contributed by atoms with Gasteiger partial charge in [0.1, 0.15) is 0 Å². The van der Waals surface area contributed by atoms with E-state index in [1.54, 1.807) is 6.92 Å². The van der Waals surface area contributed by atoms with Crippen molar-refractivity contribution >= 4 is 39.3 Å². The van der Waals surface area contributed by atoms with Gasteiger partial charge in [0.25, 0.3) is 0 Å². The van der Waals surface area contributed by atoms with Gasteiger partial charge in [-0.2, -0.15) is 0 Å². The highest BCUT2D eigenvalue weighted by Crippen LogP contribution is 2.25. The number of hydrogen-bond acceptors (Lipinski definition) is 1. The first-order valence-electron chi connectivity index (χ1n) is 4.35. The van der Waals surface area contributed by atoms with Crippen molar-refractivity contribution in [1.29, 1.82) is 0 Å². The maximum Gasteiger partial charge on any atom is 0.161 e. The second-order valence-electron chi connectivity index (χ2n) is 3.34. The summed E-state index contributed by atoms with van der Waals surface area (Å²) in [6, 6.07) is 6.06. The zero-order valence-electron chi connectivity index (χ0n) is 8.04.